The molecule has 18 heteroatoms. The van der Waals surface area contributed by atoms with Crippen molar-refractivity contribution in [1.82, 2.24) is 14.7 Å². The Morgan fingerprint density at radius 1 is 1.23 bits per heavy atom. The predicted molar refractivity (Wildman–Crippen MR) is 166 cm³/mol. The molecule has 1 amide bonds. The number of ether oxygens (including phenoxy) is 1. The monoisotopic (exact) mass is 691 g/mol. The zero-order valence-corrected chi connectivity index (χ0v) is 27.4. The molecular formula is C29H35N6O10S2+. The van der Waals surface area contributed by atoms with E-state index in [4.69, 9.17) is 19.9 Å². The van der Waals surface area contributed by atoms with E-state index in [1.54, 1.807) is 12.1 Å². The number of aromatic nitrogens is 3. The maximum absolute atomic E-state index is 13.3. The molecule has 2 atom stereocenters. The standard InChI is InChI=1S/C29H34N6O10S2/c1-29(2)21(26(37)35(29)45-47(40,41)42)11-23(36)25(22-16-46-28(30)31-22)32-44-24(27(38)39)15-43-20-9-7-18(8-10-20)19-13-33(3)34(14-19)12-17-5-4-6-17/h7-10,13-14,16-17,21,24H,4-6,11-12,15H2,1-3H3,(H3-,30,31,38,39,40,41,42)/p+1/b32-25-/t21-,24+/m1/s1. The summed E-state index contributed by atoms with van der Waals surface area (Å²) < 4.78 is 45.5. The molecule has 4 N–H and O–H groups in total. The Balaban J connectivity index is 1.24. The number of Topliss-reactive ketones (excluding diaryl/α,β-unsaturated/α-hetero) is 1. The molecule has 5 rings (SSSR count). The van der Waals surface area contributed by atoms with Crippen LogP contribution in [0.5, 0.6) is 5.75 Å². The maximum Gasteiger partial charge on any atom is 0.418 e. The van der Waals surface area contributed by atoms with E-state index in [0.29, 0.717) is 16.7 Å². The molecule has 47 heavy (non-hydrogen) atoms. The first-order valence-electron chi connectivity index (χ1n) is 14.6. The Hall–Kier alpha value is -4.39. The number of carbonyl (C=O) groups excluding carboxylic acids is 2. The highest BCUT2D eigenvalue weighted by molar-refractivity contribution is 7.80. The molecule has 1 aromatic carbocycles. The molecule has 0 bridgehead atoms. The number of carboxylic acid groups (broad SMARTS) is 1. The number of nitrogens with zero attached hydrogens (tertiary/aromatic N) is 5. The van der Waals surface area contributed by atoms with Crippen LogP contribution in [-0.4, -0.2) is 74.4 Å². The smallest absolute Gasteiger partial charge is 0.418 e. The third-order valence-electron chi connectivity index (χ3n) is 8.29. The lowest BCUT2D eigenvalue weighted by molar-refractivity contribution is -0.754. The molecular weight excluding hydrogens is 656 g/mol. The lowest BCUT2D eigenvalue weighted by atomic mass is 9.74. The Morgan fingerprint density at radius 2 is 1.94 bits per heavy atom. The number of nitrogens with two attached hydrogens (primary N) is 1. The summed E-state index contributed by atoms with van der Waals surface area (Å²) in [4.78, 5) is 47.2. The maximum atomic E-state index is 13.3. The van der Waals surface area contributed by atoms with Gasteiger partial charge < -0.3 is 20.4 Å². The fourth-order valence-electron chi connectivity index (χ4n) is 5.30. The van der Waals surface area contributed by atoms with Crippen LogP contribution in [0.4, 0.5) is 5.13 Å². The second-order valence-electron chi connectivity index (χ2n) is 12.0. The highest BCUT2D eigenvalue weighted by Crippen LogP contribution is 2.40. The number of carbonyl (C=O) groups is 3. The number of anilines is 1. The highest BCUT2D eigenvalue weighted by Gasteiger charge is 2.57. The van der Waals surface area contributed by atoms with Crippen LogP contribution in [0.15, 0.2) is 47.2 Å². The molecule has 1 aliphatic heterocycles. The molecule has 16 nitrogen and oxygen atoms in total. The fraction of sp³-hybridized carbons (Fsp3) is 0.448. The van der Waals surface area contributed by atoms with Gasteiger partial charge in [0.15, 0.2) is 23.7 Å². The number of benzene rings is 1. The van der Waals surface area contributed by atoms with E-state index in [2.05, 4.69) is 30.0 Å². The van der Waals surface area contributed by atoms with Crippen molar-refractivity contribution in [2.45, 2.75) is 57.7 Å². The molecule has 2 aliphatic rings. The number of aliphatic carboxylic acids is 1. The summed E-state index contributed by atoms with van der Waals surface area (Å²) in [6, 6.07) is 7.14. The third kappa shape index (κ3) is 7.78. The molecule has 0 spiro atoms. The minimum Gasteiger partial charge on any atom is -0.489 e. The van der Waals surface area contributed by atoms with Crippen molar-refractivity contribution in [3.8, 4) is 16.9 Å². The Kier molecular flexibility index (Phi) is 9.67. The number of ketones is 1. The van der Waals surface area contributed by atoms with E-state index in [0.717, 1.165) is 29.0 Å². The number of aryl methyl sites for hydroxylation is 1. The minimum absolute atomic E-state index is 0.0105. The summed E-state index contributed by atoms with van der Waals surface area (Å²) in [5.41, 5.74) is 6.00. The summed E-state index contributed by atoms with van der Waals surface area (Å²) in [6.07, 6.45) is 5.80. The van der Waals surface area contributed by atoms with Crippen molar-refractivity contribution in [3.05, 3.63) is 47.7 Å². The van der Waals surface area contributed by atoms with Crippen LogP contribution in [0.25, 0.3) is 11.1 Å². The third-order valence-corrected chi connectivity index (χ3v) is 9.30. The molecule has 1 saturated carbocycles. The van der Waals surface area contributed by atoms with Gasteiger partial charge in [-0.3, -0.25) is 14.1 Å². The number of amides is 1. The number of rotatable bonds is 15. The summed E-state index contributed by atoms with van der Waals surface area (Å²) in [7, 11) is -2.98. The number of β-lactam (4-membered cyclic amide) rings is 1. The number of oxime groups is 1. The van der Waals surface area contributed by atoms with Gasteiger partial charge in [0.2, 0.25) is 6.20 Å². The average Bonchev–Trinajstić information content (AvgIpc) is 3.58. The summed E-state index contributed by atoms with van der Waals surface area (Å²) >= 11 is 0.996. The largest absolute Gasteiger partial charge is 0.489 e. The van der Waals surface area contributed by atoms with Gasteiger partial charge in [-0.05, 0) is 50.3 Å². The van der Waals surface area contributed by atoms with Crippen molar-refractivity contribution < 1.29 is 51.0 Å². The number of hydroxylamine groups is 2. The van der Waals surface area contributed by atoms with Gasteiger partial charge in [0, 0.05) is 11.8 Å². The molecule has 0 radical (unpaired) electrons. The van der Waals surface area contributed by atoms with Crippen molar-refractivity contribution in [2.24, 2.45) is 24.0 Å². The second-order valence-corrected chi connectivity index (χ2v) is 13.8. The SMILES string of the molecule is C[n+]1cc(-c2ccc(OC[C@H](O/N=C(\C(=O)C[C@@H]3C(=O)N(OS(=O)(=O)O)C3(C)C)c3csc(N)n3)C(=O)O)cc2)cn1CC1CCC1. The summed E-state index contributed by atoms with van der Waals surface area (Å²) in [5, 5.41) is 15.5. The summed E-state index contributed by atoms with van der Waals surface area (Å²) in [6.45, 7) is 3.38. The van der Waals surface area contributed by atoms with E-state index in [1.165, 1.54) is 38.5 Å². The van der Waals surface area contributed by atoms with Gasteiger partial charge in [-0.1, -0.05) is 23.7 Å². The van der Waals surface area contributed by atoms with Crippen molar-refractivity contribution in [3.63, 3.8) is 0 Å². The number of nitrogen functional groups attached to an aromatic ring is 1. The van der Waals surface area contributed by atoms with Crippen LogP contribution in [-0.2, 0) is 47.5 Å². The fourth-order valence-corrected chi connectivity index (χ4v) is 6.30. The van der Waals surface area contributed by atoms with Gasteiger partial charge in [0.05, 0.1) is 29.8 Å². The summed E-state index contributed by atoms with van der Waals surface area (Å²) in [5.74, 6) is -3.02. The molecule has 0 unspecified atom stereocenters. The van der Waals surface area contributed by atoms with Crippen LogP contribution in [0.1, 0.15) is 45.2 Å². The Bertz CT molecular complexity index is 1800. The van der Waals surface area contributed by atoms with Gasteiger partial charge in [-0.25, -0.2) is 9.78 Å². The first-order chi connectivity index (χ1) is 22.1. The van der Waals surface area contributed by atoms with E-state index in [-0.39, 0.29) is 10.8 Å². The molecule has 252 valence electrons. The number of thiazole rings is 1. The van der Waals surface area contributed by atoms with Gasteiger partial charge in [-0.15, -0.1) is 20.3 Å². The molecule has 2 fully saturated rings. The minimum atomic E-state index is -4.98. The topological polar surface area (TPSA) is 217 Å². The lowest BCUT2D eigenvalue weighted by Gasteiger charge is -2.50. The Morgan fingerprint density at radius 3 is 2.49 bits per heavy atom. The van der Waals surface area contributed by atoms with Crippen molar-refractivity contribution in [1.29, 1.82) is 0 Å². The molecule has 3 aromatic rings. The second kappa shape index (κ2) is 13.4. The zero-order chi connectivity index (χ0) is 34.1. The van der Waals surface area contributed by atoms with Crippen LogP contribution < -0.4 is 15.2 Å². The number of carboxylic acids is 1. The number of hydrogen-bond acceptors (Lipinski definition) is 12. The first kappa shape index (κ1) is 34.0. The quantitative estimate of drug-likeness (QED) is 0.0686. The van der Waals surface area contributed by atoms with Crippen LogP contribution in [0.3, 0.4) is 0 Å². The van der Waals surface area contributed by atoms with Crippen LogP contribution in [0, 0.1) is 11.8 Å². The van der Waals surface area contributed by atoms with Gasteiger partial charge in [0.1, 0.15) is 18.1 Å². The van der Waals surface area contributed by atoms with E-state index < -0.39 is 64.4 Å². The predicted octanol–water partition coefficient (Wildman–Crippen LogP) is 2.00. The number of hydrogen-bond donors (Lipinski definition) is 3. The van der Waals surface area contributed by atoms with Gasteiger partial charge in [-0.2, -0.15) is 18.2 Å². The van der Waals surface area contributed by atoms with Crippen molar-refractivity contribution >= 4 is 50.2 Å². The molecule has 2 aromatic heterocycles. The van der Waals surface area contributed by atoms with Crippen LogP contribution in [0.2, 0.25) is 0 Å². The Labute approximate surface area is 274 Å². The normalized spacial score (nSPS) is 18.7. The highest BCUT2D eigenvalue weighted by atomic mass is 32.3. The van der Waals surface area contributed by atoms with Gasteiger partial charge >= 0.3 is 16.4 Å². The zero-order valence-electron chi connectivity index (χ0n) is 25.8. The van der Waals surface area contributed by atoms with Gasteiger partial charge in [0.25, 0.3) is 12.0 Å². The molecule has 1 aliphatic carbocycles. The average molecular weight is 692 g/mol. The van der Waals surface area contributed by atoms with E-state index in [1.807, 2.05) is 25.4 Å². The van der Waals surface area contributed by atoms with E-state index >= 15 is 0 Å². The molecule has 3 heterocycles. The first-order valence-corrected chi connectivity index (χ1v) is 16.9. The van der Waals surface area contributed by atoms with E-state index in [9.17, 15) is 27.9 Å². The van der Waals surface area contributed by atoms with Crippen LogP contribution >= 0.6 is 11.3 Å². The van der Waals surface area contributed by atoms with Crippen molar-refractivity contribution in [2.75, 3.05) is 12.3 Å². The molecule has 1 saturated heterocycles. The lowest BCUT2D eigenvalue weighted by Crippen LogP contribution is -2.68.